The van der Waals surface area contributed by atoms with Gasteiger partial charge in [-0.05, 0) is 83.8 Å². The van der Waals surface area contributed by atoms with Crippen molar-refractivity contribution in [2.45, 2.75) is 246 Å². The topological polar surface area (TPSA) is 73.7 Å². The Morgan fingerprint density at radius 1 is 0.554 bits per heavy atom. The molecule has 1 aromatic heterocycles. The molecule has 0 aromatic carbocycles. The molecule has 0 unspecified atom stereocenters. The largest absolute Gasteiger partial charge is 0.466 e. The highest BCUT2D eigenvalue weighted by Gasteiger charge is 2.15. The van der Waals surface area contributed by atoms with Gasteiger partial charge in [0.05, 0.1) is 13.2 Å². The molecule has 7 nitrogen and oxygen atoms in total. The molecule has 0 fully saturated rings. The van der Waals surface area contributed by atoms with E-state index in [1.165, 1.54) is 161 Å². The quantitative estimate of drug-likeness (QED) is 0.0485. The van der Waals surface area contributed by atoms with E-state index in [9.17, 15) is 9.59 Å². The summed E-state index contributed by atoms with van der Waals surface area (Å²) in [5.74, 6) is 1.60. The lowest BCUT2D eigenvalue weighted by molar-refractivity contribution is -0.145. The van der Waals surface area contributed by atoms with E-state index < -0.39 is 0 Å². The minimum atomic E-state index is -0.0142. The van der Waals surface area contributed by atoms with Crippen molar-refractivity contribution in [3.8, 4) is 0 Å². The van der Waals surface area contributed by atoms with Gasteiger partial charge in [0, 0.05) is 31.8 Å². The Morgan fingerprint density at radius 3 is 1.48 bits per heavy atom. The molecule has 0 aliphatic heterocycles. The second-order valence-corrected chi connectivity index (χ2v) is 17.0. The summed E-state index contributed by atoms with van der Waals surface area (Å²) < 4.78 is 13.5. The van der Waals surface area contributed by atoms with E-state index in [-0.39, 0.29) is 11.9 Å². The van der Waals surface area contributed by atoms with Gasteiger partial charge in [-0.25, -0.2) is 4.98 Å². The summed E-state index contributed by atoms with van der Waals surface area (Å²) in [6.07, 6.45) is 43.3. The Balaban J connectivity index is 2.28. The highest BCUT2D eigenvalue weighted by molar-refractivity contribution is 5.69. The summed E-state index contributed by atoms with van der Waals surface area (Å²) in [7, 11) is 0. The molecule has 0 saturated carbocycles. The van der Waals surface area contributed by atoms with Crippen LogP contribution in [0.5, 0.6) is 0 Å². The van der Waals surface area contributed by atoms with Gasteiger partial charge >= 0.3 is 11.9 Å². The minimum Gasteiger partial charge on any atom is -0.466 e. The van der Waals surface area contributed by atoms with Crippen molar-refractivity contribution in [1.82, 2.24) is 14.5 Å². The van der Waals surface area contributed by atoms with Crippen LogP contribution in [0, 0.1) is 12.8 Å². The molecule has 1 rings (SSSR count). The molecule has 0 aliphatic carbocycles. The number of carbonyl (C=O) groups excluding carboxylic acids is 2. The van der Waals surface area contributed by atoms with Crippen molar-refractivity contribution in [3.05, 3.63) is 18.2 Å². The molecule has 1 aromatic rings. The molecule has 1 heterocycles. The molecule has 0 N–H and O–H groups in total. The number of hydrogen-bond acceptors (Lipinski definition) is 6. The first-order chi connectivity index (χ1) is 27.5. The van der Waals surface area contributed by atoms with Crippen LogP contribution in [-0.4, -0.2) is 59.2 Å². The average molecular weight is 788 g/mol. The van der Waals surface area contributed by atoms with Gasteiger partial charge in [0.25, 0.3) is 0 Å². The minimum absolute atomic E-state index is 0.0142. The van der Waals surface area contributed by atoms with Crippen LogP contribution >= 0.6 is 0 Å². The summed E-state index contributed by atoms with van der Waals surface area (Å²) in [4.78, 5) is 32.0. The second-order valence-electron chi connectivity index (χ2n) is 17.0. The van der Waals surface area contributed by atoms with Gasteiger partial charge in [0.15, 0.2) is 0 Å². The summed E-state index contributed by atoms with van der Waals surface area (Å²) in [6.45, 7) is 14.4. The molecule has 0 spiro atoms. The van der Waals surface area contributed by atoms with Crippen molar-refractivity contribution in [3.63, 3.8) is 0 Å². The number of unbranched alkanes of at least 4 members (excludes halogenated alkanes) is 23. The zero-order chi connectivity index (χ0) is 40.6. The average Bonchev–Trinajstić information content (AvgIpc) is 3.61. The third-order valence-corrected chi connectivity index (χ3v) is 11.7. The molecule has 0 radical (unpaired) electrons. The molecule has 0 saturated heterocycles. The summed E-state index contributed by atoms with van der Waals surface area (Å²) >= 11 is 0. The van der Waals surface area contributed by atoms with E-state index in [1.54, 1.807) is 0 Å². The van der Waals surface area contributed by atoms with Crippen molar-refractivity contribution in [2.24, 2.45) is 5.92 Å². The highest BCUT2D eigenvalue weighted by Crippen LogP contribution is 2.23. The number of carbonyl (C=O) groups is 2. The van der Waals surface area contributed by atoms with E-state index in [0.29, 0.717) is 32.0 Å². The first-order valence-corrected chi connectivity index (χ1v) is 24.5. The summed E-state index contributed by atoms with van der Waals surface area (Å²) in [5.41, 5.74) is 0. The molecule has 0 aliphatic rings. The lowest BCUT2D eigenvalue weighted by Crippen LogP contribution is -2.28. The van der Waals surface area contributed by atoms with Gasteiger partial charge in [0.2, 0.25) is 0 Å². The second kappa shape index (κ2) is 39.9. The third kappa shape index (κ3) is 33.1. The number of hydrogen-bond donors (Lipinski definition) is 0. The van der Waals surface area contributed by atoms with E-state index in [4.69, 9.17) is 9.47 Å². The molecular formula is C49H93N3O4. The van der Waals surface area contributed by atoms with Gasteiger partial charge in [0.1, 0.15) is 5.82 Å². The Hall–Kier alpha value is -1.89. The maximum absolute atomic E-state index is 12.8. The van der Waals surface area contributed by atoms with Crippen LogP contribution in [0.2, 0.25) is 0 Å². The monoisotopic (exact) mass is 788 g/mol. The number of ether oxygens (including phenoxy) is 2. The molecule has 56 heavy (non-hydrogen) atoms. The van der Waals surface area contributed by atoms with E-state index in [0.717, 1.165) is 70.5 Å². The van der Waals surface area contributed by atoms with Crippen LogP contribution in [0.3, 0.4) is 0 Å². The maximum atomic E-state index is 12.8. The number of esters is 2. The van der Waals surface area contributed by atoms with Crippen molar-refractivity contribution < 1.29 is 19.1 Å². The van der Waals surface area contributed by atoms with Gasteiger partial charge in [-0.15, -0.1) is 0 Å². The number of rotatable bonds is 43. The fourth-order valence-electron chi connectivity index (χ4n) is 7.94. The molecule has 0 atom stereocenters. The van der Waals surface area contributed by atoms with Gasteiger partial charge in [-0.1, -0.05) is 168 Å². The van der Waals surface area contributed by atoms with Crippen LogP contribution in [0.1, 0.15) is 238 Å². The molecule has 0 amide bonds. The van der Waals surface area contributed by atoms with Crippen LogP contribution in [-0.2, 0) is 25.6 Å². The van der Waals surface area contributed by atoms with Crippen LogP contribution in [0.25, 0.3) is 0 Å². The zero-order valence-corrected chi connectivity index (χ0v) is 37.8. The lowest BCUT2D eigenvalue weighted by atomic mass is 9.91. The van der Waals surface area contributed by atoms with Gasteiger partial charge in [-0.3, -0.25) is 9.59 Å². The SMILES string of the molecule is CCCCCCCCCOC(=O)CCCCCCCN(CCCCCCOC(=O)CC(CCCCCCCC)CCCCCCCC)CCCn1ccnc1C. The van der Waals surface area contributed by atoms with Crippen LogP contribution in [0.15, 0.2) is 12.4 Å². The van der Waals surface area contributed by atoms with E-state index in [2.05, 4.69) is 48.3 Å². The first kappa shape index (κ1) is 52.1. The Labute approximate surface area is 347 Å². The van der Waals surface area contributed by atoms with Crippen LogP contribution < -0.4 is 0 Å². The Kier molecular flexibility index (Phi) is 37.2. The molecule has 0 bridgehead atoms. The number of aryl methyl sites for hydroxylation is 2. The Morgan fingerprint density at radius 2 is 0.982 bits per heavy atom. The van der Waals surface area contributed by atoms with E-state index in [1.807, 2.05) is 6.20 Å². The predicted molar refractivity (Wildman–Crippen MR) is 238 cm³/mol. The number of aromatic nitrogens is 2. The van der Waals surface area contributed by atoms with Crippen molar-refractivity contribution in [2.75, 3.05) is 32.8 Å². The number of imidazole rings is 1. The molecular weight excluding hydrogens is 695 g/mol. The standard InChI is InChI=1S/C49H93N3O4/c1-5-8-11-14-17-24-31-43-55-48(53)36-28-21-18-22-29-38-51(40-33-41-52-42-37-50-46(52)4)39-30-23-25-32-44-56-49(54)45-47(34-26-19-15-12-9-6-2)35-27-20-16-13-10-7-3/h37,42,47H,5-36,38-41,43-45H2,1-4H3. The lowest BCUT2D eigenvalue weighted by Gasteiger charge is -2.22. The molecule has 328 valence electrons. The zero-order valence-electron chi connectivity index (χ0n) is 37.8. The Bertz CT molecular complexity index is 982. The highest BCUT2D eigenvalue weighted by atomic mass is 16.5. The van der Waals surface area contributed by atoms with Crippen LogP contribution in [0.4, 0.5) is 0 Å². The fourth-order valence-corrected chi connectivity index (χ4v) is 7.94. The van der Waals surface area contributed by atoms with Crippen molar-refractivity contribution in [1.29, 1.82) is 0 Å². The smallest absolute Gasteiger partial charge is 0.306 e. The first-order valence-electron chi connectivity index (χ1n) is 24.5. The maximum Gasteiger partial charge on any atom is 0.306 e. The van der Waals surface area contributed by atoms with Gasteiger partial charge in [-0.2, -0.15) is 0 Å². The van der Waals surface area contributed by atoms with E-state index >= 15 is 0 Å². The van der Waals surface area contributed by atoms with Gasteiger partial charge < -0.3 is 18.9 Å². The molecule has 7 heteroatoms. The number of nitrogens with zero attached hydrogens (tertiary/aromatic N) is 3. The van der Waals surface area contributed by atoms with Crippen molar-refractivity contribution >= 4 is 11.9 Å². The summed E-state index contributed by atoms with van der Waals surface area (Å²) in [6, 6.07) is 0. The fraction of sp³-hybridized carbons (Fsp3) is 0.898. The third-order valence-electron chi connectivity index (χ3n) is 11.7. The summed E-state index contributed by atoms with van der Waals surface area (Å²) in [5, 5.41) is 0. The predicted octanol–water partition coefficient (Wildman–Crippen LogP) is 14.1. The normalized spacial score (nSPS) is 11.6.